The molecule has 2 rings (SSSR count). The lowest BCUT2D eigenvalue weighted by molar-refractivity contribution is 0.100. The Labute approximate surface area is 82.7 Å². The van der Waals surface area contributed by atoms with Crippen molar-refractivity contribution in [3.8, 4) is 0 Å². The normalized spacial score (nSPS) is 10.4. The van der Waals surface area contributed by atoms with Gasteiger partial charge in [0, 0.05) is 0 Å². The number of fused-ring (bicyclic) bond motifs is 1. The number of benzene rings is 1. The van der Waals surface area contributed by atoms with Crippen LogP contribution in [0.25, 0.3) is 10.8 Å². The third-order valence-corrected chi connectivity index (χ3v) is 2.00. The van der Waals surface area contributed by atoms with Crippen molar-refractivity contribution < 1.29 is 4.79 Å². The van der Waals surface area contributed by atoms with E-state index in [1.165, 1.54) is 12.1 Å². The van der Waals surface area contributed by atoms with Crippen molar-refractivity contribution >= 4 is 16.7 Å². The molecule has 6 heteroatoms. The van der Waals surface area contributed by atoms with E-state index in [9.17, 15) is 14.4 Å². The van der Waals surface area contributed by atoms with Gasteiger partial charge in [-0.1, -0.05) is 6.07 Å². The van der Waals surface area contributed by atoms with Crippen molar-refractivity contribution in [2.75, 3.05) is 0 Å². The average molecular weight is 204 g/mol. The summed E-state index contributed by atoms with van der Waals surface area (Å²) in [6, 6.07) is 5.30. The lowest BCUT2D eigenvalue weighted by atomic mass is 10.1. The molecule has 0 saturated carbocycles. The molecule has 1 heterocycles. The number of carbonyl (C=O) groups is 1. The minimum atomic E-state index is -0.795. The summed E-state index contributed by atoms with van der Waals surface area (Å²) in [4.78, 5) is 33.7. The second-order valence-electron chi connectivity index (χ2n) is 2.91. The van der Waals surface area contributed by atoms with Gasteiger partial charge in [-0.3, -0.25) is 24.6 Å². The molecule has 6 nitrogen and oxygen atoms in total. The van der Waals surface area contributed by atoms with Crippen molar-refractivity contribution in [3.05, 3.63) is 44.5 Å². The molecule has 0 aliphatic carbocycles. The van der Waals surface area contributed by atoms with Gasteiger partial charge < -0.3 is 5.73 Å². The SMILES string of the molecule is NC(=O)c1[c]ccc2c(=O)[nH][nH]c(=O)c12. The van der Waals surface area contributed by atoms with Crippen LogP contribution >= 0.6 is 0 Å². The number of carbonyl (C=O) groups excluding carboxylic acids is 1. The first kappa shape index (κ1) is 9.20. The van der Waals surface area contributed by atoms with E-state index >= 15 is 0 Å². The maximum atomic E-state index is 11.4. The molecule has 0 aliphatic heterocycles. The van der Waals surface area contributed by atoms with E-state index in [-0.39, 0.29) is 16.3 Å². The molecule has 1 aromatic heterocycles. The first-order valence-corrected chi connectivity index (χ1v) is 4.06. The summed E-state index contributed by atoms with van der Waals surface area (Å²) < 4.78 is 0. The Kier molecular flexibility index (Phi) is 1.89. The molecular weight excluding hydrogens is 198 g/mol. The highest BCUT2D eigenvalue weighted by atomic mass is 16.2. The van der Waals surface area contributed by atoms with Crippen molar-refractivity contribution in [1.82, 2.24) is 10.2 Å². The van der Waals surface area contributed by atoms with Crippen LogP contribution in [0, 0.1) is 6.07 Å². The van der Waals surface area contributed by atoms with Gasteiger partial charge >= 0.3 is 0 Å². The standard InChI is InChI=1S/C9H6N3O3/c10-7(13)4-2-1-3-5-6(4)9(15)12-11-8(5)14/h1,3H,(H2,10,13)(H,11,14)(H,12,15). The largest absolute Gasteiger partial charge is 0.366 e. The zero-order valence-corrected chi connectivity index (χ0v) is 7.46. The summed E-state index contributed by atoms with van der Waals surface area (Å²) in [5.74, 6) is -0.795. The number of aromatic amines is 2. The van der Waals surface area contributed by atoms with E-state index in [0.717, 1.165) is 0 Å². The number of aromatic nitrogens is 2. The molecule has 2 aromatic rings. The van der Waals surface area contributed by atoms with Gasteiger partial charge in [0.15, 0.2) is 0 Å². The van der Waals surface area contributed by atoms with E-state index in [0.29, 0.717) is 0 Å². The maximum absolute atomic E-state index is 11.4. The molecule has 0 unspecified atom stereocenters. The molecule has 1 radical (unpaired) electrons. The van der Waals surface area contributed by atoms with Crippen molar-refractivity contribution in [1.29, 1.82) is 0 Å². The topological polar surface area (TPSA) is 109 Å². The summed E-state index contributed by atoms with van der Waals surface area (Å²) >= 11 is 0. The molecule has 1 aromatic carbocycles. The average Bonchev–Trinajstić information content (AvgIpc) is 2.23. The quantitative estimate of drug-likeness (QED) is 0.560. The number of primary amides is 1. The summed E-state index contributed by atoms with van der Waals surface area (Å²) in [5.41, 5.74) is 3.92. The van der Waals surface area contributed by atoms with Crippen LogP contribution in [-0.4, -0.2) is 16.1 Å². The number of nitrogens with two attached hydrogens (primary N) is 1. The van der Waals surface area contributed by atoms with Crippen LogP contribution in [0.4, 0.5) is 0 Å². The lowest BCUT2D eigenvalue weighted by Gasteiger charge is -1.99. The number of hydrogen-bond acceptors (Lipinski definition) is 3. The van der Waals surface area contributed by atoms with Gasteiger partial charge in [0.1, 0.15) is 0 Å². The van der Waals surface area contributed by atoms with Gasteiger partial charge in [-0.25, -0.2) is 0 Å². The van der Waals surface area contributed by atoms with Gasteiger partial charge in [0.05, 0.1) is 16.3 Å². The van der Waals surface area contributed by atoms with Gasteiger partial charge in [-0.15, -0.1) is 0 Å². The van der Waals surface area contributed by atoms with Crippen molar-refractivity contribution in [2.45, 2.75) is 0 Å². The van der Waals surface area contributed by atoms with E-state index in [1.54, 1.807) is 0 Å². The predicted octanol–water partition coefficient (Wildman–Crippen LogP) is -0.885. The van der Waals surface area contributed by atoms with Crippen LogP contribution < -0.4 is 16.9 Å². The minimum absolute atomic E-state index is 0.0336. The van der Waals surface area contributed by atoms with Gasteiger partial charge in [0.2, 0.25) is 5.91 Å². The number of amides is 1. The Morgan fingerprint density at radius 2 is 1.93 bits per heavy atom. The number of nitrogens with one attached hydrogen (secondary N) is 2. The predicted molar refractivity (Wildman–Crippen MR) is 52.5 cm³/mol. The molecule has 1 amide bonds. The van der Waals surface area contributed by atoms with Crippen LogP contribution in [0.15, 0.2) is 21.7 Å². The number of H-pyrrole nitrogens is 2. The minimum Gasteiger partial charge on any atom is -0.366 e. The molecule has 75 valence electrons. The third kappa shape index (κ3) is 1.32. The van der Waals surface area contributed by atoms with Crippen LogP contribution in [0.1, 0.15) is 10.4 Å². The maximum Gasteiger partial charge on any atom is 0.271 e. The number of hydrogen-bond donors (Lipinski definition) is 3. The van der Waals surface area contributed by atoms with E-state index in [2.05, 4.69) is 16.3 Å². The second-order valence-corrected chi connectivity index (χ2v) is 2.91. The molecule has 0 atom stereocenters. The zero-order valence-electron chi connectivity index (χ0n) is 7.46. The van der Waals surface area contributed by atoms with E-state index in [1.807, 2.05) is 0 Å². The Balaban J connectivity index is 3.10. The van der Waals surface area contributed by atoms with E-state index in [4.69, 9.17) is 5.73 Å². The fraction of sp³-hybridized carbons (Fsp3) is 0. The smallest absolute Gasteiger partial charge is 0.271 e. The van der Waals surface area contributed by atoms with Gasteiger partial charge in [-0.2, -0.15) is 0 Å². The molecule has 0 bridgehead atoms. The molecule has 0 fully saturated rings. The summed E-state index contributed by atoms with van der Waals surface area (Å²) in [6.07, 6.45) is 0. The Morgan fingerprint density at radius 3 is 2.60 bits per heavy atom. The van der Waals surface area contributed by atoms with Crippen LogP contribution in [0.2, 0.25) is 0 Å². The van der Waals surface area contributed by atoms with Gasteiger partial charge in [-0.05, 0) is 12.1 Å². The van der Waals surface area contributed by atoms with E-state index < -0.39 is 17.0 Å². The van der Waals surface area contributed by atoms with Crippen molar-refractivity contribution in [2.24, 2.45) is 5.73 Å². The van der Waals surface area contributed by atoms with Gasteiger partial charge in [0.25, 0.3) is 11.1 Å². The molecule has 0 spiro atoms. The third-order valence-electron chi connectivity index (χ3n) is 2.00. The summed E-state index contributed by atoms with van der Waals surface area (Å²) in [5, 5.41) is 4.35. The first-order valence-electron chi connectivity index (χ1n) is 4.06. The van der Waals surface area contributed by atoms with Crippen LogP contribution in [0.5, 0.6) is 0 Å². The highest BCUT2D eigenvalue weighted by Crippen LogP contribution is 2.08. The Morgan fingerprint density at radius 1 is 1.27 bits per heavy atom. The van der Waals surface area contributed by atoms with Crippen LogP contribution in [-0.2, 0) is 0 Å². The second kappa shape index (κ2) is 3.09. The highest BCUT2D eigenvalue weighted by molar-refractivity contribution is 6.05. The number of rotatable bonds is 1. The summed E-state index contributed by atoms with van der Waals surface area (Å²) in [6.45, 7) is 0. The fourth-order valence-corrected chi connectivity index (χ4v) is 1.36. The highest BCUT2D eigenvalue weighted by Gasteiger charge is 2.11. The first-order chi connectivity index (χ1) is 7.11. The molecular formula is C9H6N3O3. The lowest BCUT2D eigenvalue weighted by Crippen LogP contribution is -2.23. The molecule has 15 heavy (non-hydrogen) atoms. The zero-order chi connectivity index (χ0) is 11.0. The molecule has 0 saturated heterocycles. The van der Waals surface area contributed by atoms with Crippen LogP contribution in [0.3, 0.4) is 0 Å². The molecule has 4 N–H and O–H groups in total. The fourth-order valence-electron chi connectivity index (χ4n) is 1.36. The molecule has 0 aliphatic rings. The Bertz CT molecular complexity index is 653. The van der Waals surface area contributed by atoms with Crippen molar-refractivity contribution in [3.63, 3.8) is 0 Å². The summed E-state index contributed by atoms with van der Waals surface area (Å²) in [7, 11) is 0. The monoisotopic (exact) mass is 204 g/mol. The Hall–Kier alpha value is -2.37.